The number of H-pyrrole nitrogens is 1. The van der Waals surface area contributed by atoms with Crippen LogP contribution in [0.15, 0.2) is 36.7 Å². The van der Waals surface area contributed by atoms with Crippen molar-refractivity contribution < 1.29 is 27.5 Å². The maximum atomic E-state index is 15.1. The van der Waals surface area contributed by atoms with E-state index in [2.05, 4.69) is 14.7 Å². The highest BCUT2D eigenvalue weighted by Gasteiger charge is 2.23. The van der Waals surface area contributed by atoms with E-state index in [9.17, 15) is 18.4 Å². The Morgan fingerprint density at radius 1 is 1.34 bits per heavy atom. The third-order valence-corrected chi connectivity index (χ3v) is 5.03. The number of methoxy groups -OCH3 is 1. The van der Waals surface area contributed by atoms with E-state index < -0.39 is 28.8 Å². The fraction of sp³-hybridized carbons (Fsp3) is 0.211. The molecule has 0 amide bonds. The zero-order valence-corrected chi connectivity index (χ0v) is 16.4. The number of hydrogen-bond acceptors (Lipinski definition) is 6. The molecule has 1 N–H and O–H groups in total. The van der Waals surface area contributed by atoms with Crippen molar-refractivity contribution in [2.75, 3.05) is 18.0 Å². The highest BCUT2D eigenvalue weighted by atomic mass is 32.2. The highest BCUT2D eigenvalue weighted by molar-refractivity contribution is 7.80. The van der Waals surface area contributed by atoms with Crippen molar-refractivity contribution in [1.29, 1.82) is 0 Å². The van der Waals surface area contributed by atoms with Gasteiger partial charge in [0.15, 0.2) is 11.6 Å². The number of anilines is 1. The predicted molar refractivity (Wildman–Crippen MR) is 104 cm³/mol. The number of esters is 1. The van der Waals surface area contributed by atoms with Crippen LogP contribution in [0.2, 0.25) is 0 Å². The van der Waals surface area contributed by atoms with Crippen molar-refractivity contribution in [3.63, 3.8) is 0 Å². The molecule has 0 fully saturated rings. The molecule has 0 aliphatic carbocycles. The molecule has 10 heteroatoms. The van der Waals surface area contributed by atoms with Crippen LogP contribution in [0, 0.1) is 5.82 Å². The van der Waals surface area contributed by atoms with Crippen molar-refractivity contribution in [1.82, 2.24) is 9.97 Å². The van der Waals surface area contributed by atoms with Crippen LogP contribution < -0.4 is 4.31 Å². The van der Waals surface area contributed by atoms with Crippen LogP contribution in [0.3, 0.4) is 0 Å². The molecule has 3 aromatic rings. The average Bonchev–Trinajstić information content (AvgIpc) is 3.14. The van der Waals surface area contributed by atoms with Gasteiger partial charge in [0, 0.05) is 41.2 Å². The van der Waals surface area contributed by atoms with Gasteiger partial charge >= 0.3 is 5.97 Å². The molecule has 0 aliphatic heterocycles. The molecule has 1 aromatic carbocycles. The molecule has 1 atom stereocenters. The number of carbonyl (C=O) groups is 2. The summed E-state index contributed by atoms with van der Waals surface area (Å²) in [6.45, 7) is 1.83. The first-order chi connectivity index (χ1) is 13.9. The summed E-state index contributed by atoms with van der Waals surface area (Å²) in [4.78, 5) is 31.6. The summed E-state index contributed by atoms with van der Waals surface area (Å²) in [6.07, 6.45) is 3.13. The van der Waals surface area contributed by atoms with Gasteiger partial charge in [0.1, 0.15) is 5.65 Å². The number of benzene rings is 1. The Hall–Kier alpha value is -3.11. The summed E-state index contributed by atoms with van der Waals surface area (Å²) in [5.74, 6) is -2.24. The normalized spacial score (nSPS) is 12.0. The molecular weight excluding hydrogens is 401 g/mol. The van der Waals surface area contributed by atoms with Crippen LogP contribution in [-0.4, -0.2) is 44.1 Å². The average molecular weight is 418 g/mol. The zero-order chi connectivity index (χ0) is 21.1. The zero-order valence-electron chi connectivity index (χ0n) is 15.6. The third kappa shape index (κ3) is 3.89. The number of carbonyl (C=O) groups excluding carboxylic acids is 2. The number of ketones is 1. The van der Waals surface area contributed by atoms with E-state index in [1.54, 1.807) is 6.92 Å². The molecule has 0 saturated carbocycles. The first-order valence-electron chi connectivity index (χ1n) is 8.64. The largest absolute Gasteiger partial charge is 0.755 e. The van der Waals surface area contributed by atoms with Gasteiger partial charge in [-0.05, 0) is 24.6 Å². The van der Waals surface area contributed by atoms with Crippen molar-refractivity contribution in [3.05, 3.63) is 59.2 Å². The minimum absolute atomic E-state index is 0.0736. The van der Waals surface area contributed by atoms with Crippen molar-refractivity contribution in [2.24, 2.45) is 0 Å². The lowest BCUT2D eigenvalue weighted by molar-refractivity contribution is 0.0600. The lowest BCUT2D eigenvalue weighted by Gasteiger charge is -2.26. The van der Waals surface area contributed by atoms with E-state index in [1.165, 1.54) is 43.8 Å². The molecule has 8 nitrogen and oxygen atoms in total. The Morgan fingerprint density at radius 2 is 2.10 bits per heavy atom. The van der Waals surface area contributed by atoms with Gasteiger partial charge < -0.3 is 14.3 Å². The predicted octanol–water partition coefficient (Wildman–Crippen LogP) is 2.73. The third-order valence-electron chi connectivity index (χ3n) is 4.30. The van der Waals surface area contributed by atoms with Crippen LogP contribution in [0.1, 0.15) is 39.6 Å². The standard InChI is InChI=1S/C19H18FN3O5S/c1-3-7-23(29(26)27)15-6-4-5-12(16(15)20)17(24)14-10-22-18-13(14)8-11(9-21-18)19(25)28-2/h4-6,8-10H,3,7H2,1-2H3,(H,21,22)(H,26,27)/p-1. The van der Waals surface area contributed by atoms with Crippen LogP contribution in [0.25, 0.3) is 11.0 Å². The minimum atomic E-state index is -2.69. The molecule has 2 heterocycles. The summed E-state index contributed by atoms with van der Waals surface area (Å²) < 4.78 is 43.5. The first kappa shape index (κ1) is 20.6. The number of halogens is 1. The number of fused-ring (bicyclic) bond motifs is 1. The lowest BCUT2D eigenvalue weighted by atomic mass is 10.0. The molecule has 0 bridgehead atoms. The molecule has 0 spiro atoms. The molecule has 1 unspecified atom stereocenters. The van der Waals surface area contributed by atoms with E-state index in [1.807, 2.05) is 0 Å². The molecule has 29 heavy (non-hydrogen) atoms. The fourth-order valence-electron chi connectivity index (χ4n) is 2.93. The van der Waals surface area contributed by atoms with E-state index >= 15 is 4.39 Å². The first-order valence-corrected chi connectivity index (χ1v) is 9.67. The molecular formula is C19H17FN3O5S-. The van der Waals surface area contributed by atoms with Crippen molar-refractivity contribution in [3.8, 4) is 0 Å². The summed E-state index contributed by atoms with van der Waals surface area (Å²) in [5, 5.41) is 0.320. The van der Waals surface area contributed by atoms with Gasteiger partial charge in [0.25, 0.3) is 0 Å². The second kappa shape index (κ2) is 8.50. The Bertz CT molecular complexity index is 1110. The Morgan fingerprint density at radius 3 is 2.76 bits per heavy atom. The van der Waals surface area contributed by atoms with Gasteiger partial charge in [-0.3, -0.25) is 13.3 Å². The number of aromatic nitrogens is 2. The molecule has 0 saturated heterocycles. The van der Waals surface area contributed by atoms with Gasteiger partial charge in [-0.2, -0.15) is 0 Å². The quantitative estimate of drug-likeness (QED) is 0.358. The minimum Gasteiger partial charge on any atom is -0.755 e. The van der Waals surface area contributed by atoms with Crippen LogP contribution in [0.5, 0.6) is 0 Å². The smallest absolute Gasteiger partial charge is 0.339 e. The van der Waals surface area contributed by atoms with Gasteiger partial charge in [-0.25, -0.2) is 14.2 Å². The Kier molecular flexibility index (Phi) is 6.04. The van der Waals surface area contributed by atoms with Crippen LogP contribution >= 0.6 is 0 Å². The highest BCUT2D eigenvalue weighted by Crippen LogP contribution is 2.27. The van der Waals surface area contributed by atoms with E-state index in [-0.39, 0.29) is 28.9 Å². The Labute approximate surface area is 168 Å². The molecule has 3 rings (SSSR count). The Balaban J connectivity index is 2.08. The number of rotatable bonds is 7. The molecule has 152 valence electrons. The van der Waals surface area contributed by atoms with Crippen LogP contribution in [-0.2, 0) is 16.0 Å². The topological polar surface area (TPSA) is 115 Å². The lowest BCUT2D eigenvalue weighted by Crippen LogP contribution is -2.27. The molecule has 2 aromatic heterocycles. The number of nitrogens with zero attached hydrogens (tertiary/aromatic N) is 2. The van der Waals surface area contributed by atoms with Gasteiger partial charge in [-0.15, -0.1) is 0 Å². The number of nitrogens with one attached hydrogen (secondary N) is 1. The van der Waals surface area contributed by atoms with E-state index in [0.29, 0.717) is 17.5 Å². The second-order valence-electron chi connectivity index (χ2n) is 6.10. The number of hydrogen-bond donors (Lipinski definition) is 1. The number of aromatic amines is 1. The van der Waals surface area contributed by atoms with Crippen molar-refractivity contribution >= 4 is 39.7 Å². The summed E-state index contributed by atoms with van der Waals surface area (Å²) in [5.41, 5.74) is 0.0712. The maximum absolute atomic E-state index is 15.1. The molecule has 0 radical (unpaired) electrons. The monoisotopic (exact) mass is 418 g/mol. The van der Waals surface area contributed by atoms with Gasteiger partial charge in [0.05, 0.1) is 23.9 Å². The number of ether oxygens (including phenoxy) is 1. The SMILES string of the molecule is CCCN(c1cccc(C(=O)c2c[nH]c3ncc(C(=O)OC)cc23)c1F)S(=O)[O-]. The van der Waals surface area contributed by atoms with Gasteiger partial charge in [0.2, 0.25) is 0 Å². The van der Waals surface area contributed by atoms with Gasteiger partial charge in [-0.1, -0.05) is 13.0 Å². The van der Waals surface area contributed by atoms with Crippen molar-refractivity contribution in [2.45, 2.75) is 13.3 Å². The summed E-state index contributed by atoms with van der Waals surface area (Å²) in [7, 11) is 1.22. The number of pyridine rings is 1. The van der Waals surface area contributed by atoms with E-state index in [0.717, 1.165) is 4.31 Å². The maximum Gasteiger partial charge on any atom is 0.339 e. The van der Waals surface area contributed by atoms with Crippen LogP contribution in [0.4, 0.5) is 10.1 Å². The summed E-state index contributed by atoms with van der Waals surface area (Å²) in [6, 6.07) is 5.41. The fourth-order valence-corrected chi connectivity index (χ4v) is 3.57. The summed E-state index contributed by atoms with van der Waals surface area (Å²) >= 11 is -2.69. The molecule has 0 aliphatic rings. The second-order valence-corrected chi connectivity index (χ2v) is 6.98. The van der Waals surface area contributed by atoms with E-state index in [4.69, 9.17) is 0 Å².